The van der Waals surface area contributed by atoms with Gasteiger partial charge in [0, 0.05) is 12.0 Å². The highest BCUT2D eigenvalue weighted by Gasteiger charge is 2.13. The van der Waals surface area contributed by atoms with Crippen LogP contribution in [0.15, 0.2) is 24.3 Å². The number of carbonyl (C=O) groups is 1. The summed E-state index contributed by atoms with van der Waals surface area (Å²) >= 11 is 1.32. The van der Waals surface area contributed by atoms with Crippen molar-refractivity contribution >= 4 is 27.3 Å². The number of hydrogen-bond acceptors (Lipinski definition) is 5. The van der Waals surface area contributed by atoms with Crippen LogP contribution in [0.4, 0.5) is 5.13 Å². The molecule has 1 aromatic carbocycles. The van der Waals surface area contributed by atoms with E-state index in [4.69, 9.17) is 0 Å². The lowest BCUT2D eigenvalue weighted by Crippen LogP contribution is -2.12. The highest BCUT2D eigenvalue weighted by atomic mass is 32.1. The maximum absolute atomic E-state index is 12.1. The molecule has 2 heterocycles. The van der Waals surface area contributed by atoms with Crippen molar-refractivity contribution in [2.24, 2.45) is 0 Å². The minimum absolute atomic E-state index is 0.169. The van der Waals surface area contributed by atoms with Gasteiger partial charge in [-0.1, -0.05) is 36.0 Å². The zero-order valence-electron chi connectivity index (χ0n) is 11.8. The van der Waals surface area contributed by atoms with Crippen molar-refractivity contribution in [3.63, 3.8) is 0 Å². The molecule has 7 heteroatoms. The van der Waals surface area contributed by atoms with Gasteiger partial charge in [0.25, 0.3) is 5.91 Å². The van der Waals surface area contributed by atoms with Crippen LogP contribution in [0, 0.1) is 6.92 Å². The number of nitrogens with one attached hydrogen (secondary N) is 1. The third kappa shape index (κ3) is 2.78. The molecule has 0 atom stereocenters. The van der Waals surface area contributed by atoms with Crippen LogP contribution in [0.2, 0.25) is 0 Å². The number of amides is 1. The van der Waals surface area contributed by atoms with E-state index in [0.717, 1.165) is 24.2 Å². The lowest BCUT2D eigenvalue weighted by molar-refractivity contribution is 0.102. The van der Waals surface area contributed by atoms with E-state index in [2.05, 4.69) is 27.5 Å². The Labute approximate surface area is 125 Å². The van der Waals surface area contributed by atoms with Crippen LogP contribution < -0.4 is 5.32 Å². The van der Waals surface area contributed by atoms with Crippen molar-refractivity contribution in [3.8, 4) is 0 Å². The van der Waals surface area contributed by atoms with Crippen LogP contribution in [0.1, 0.15) is 35.1 Å². The third-order valence-corrected chi connectivity index (χ3v) is 3.88. The van der Waals surface area contributed by atoms with E-state index in [9.17, 15) is 4.79 Å². The van der Waals surface area contributed by atoms with Crippen LogP contribution in [-0.2, 0) is 6.42 Å². The molecule has 6 nitrogen and oxygen atoms in total. The molecule has 0 aliphatic rings. The predicted molar refractivity (Wildman–Crippen MR) is 81.8 cm³/mol. The van der Waals surface area contributed by atoms with Gasteiger partial charge in [0.15, 0.2) is 5.82 Å². The van der Waals surface area contributed by atoms with Gasteiger partial charge in [0.05, 0.1) is 0 Å². The van der Waals surface area contributed by atoms with E-state index in [1.54, 1.807) is 16.6 Å². The van der Waals surface area contributed by atoms with E-state index in [0.29, 0.717) is 15.7 Å². The topological polar surface area (TPSA) is 72.2 Å². The molecule has 0 saturated heterocycles. The zero-order valence-corrected chi connectivity index (χ0v) is 12.6. The number of aryl methyl sites for hydroxylation is 2. The molecule has 0 spiro atoms. The number of fused-ring (bicyclic) bond motifs is 1. The smallest absolute Gasteiger partial charge is 0.257 e. The van der Waals surface area contributed by atoms with Gasteiger partial charge < -0.3 is 0 Å². The first-order valence-electron chi connectivity index (χ1n) is 6.76. The molecular formula is C14H15N5OS. The second-order valence-corrected chi connectivity index (χ2v) is 5.74. The summed E-state index contributed by atoms with van der Waals surface area (Å²) in [5, 5.41) is 15.8. The van der Waals surface area contributed by atoms with Crippen molar-refractivity contribution in [2.75, 3.05) is 5.32 Å². The van der Waals surface area contributed by atoms with Crippen molar-refractivity contribution in [1.29, 1.82) is 0 Å². The fraction of sp³-hybridized carbons (Fsp3) is 0.286. The van der Waals surface area contributed by atoms with E-state index in [-0.39, 0.29) is 5.91 Å². The Morgan fingerprint density at radius 3 is 2.76 bits per heavy atom. The Kier molecular flexibility index (Phi) is 3.66. The average molecular weight is 301 g/mol. The summed E-state index contributed by atoms with van der Waals surface area (Å²) in [6, 6.07) is 7.42. The van der Waals surface area contributed by atoms with Crippen LogP contribution in [0.5, 0.6) is 0 Å². The van der Waals surface area contributed by atoms with Crippen molar-refractivity contribution in [1.82, 2.24) is 19.8 Å². The summed E-state index contributed by atoms with van der Waals surface area (Å²) in [7, 11) is 0. The number of rotatable bonds is 4. The number of benzene rings is 1. The molecule has 0 aliphatic carbocycles. The molecule has 0 fully saturated rings. The summed E-state index contributed by atoms with van der Waals surface area (Å²) in [6.07, 6.45) is 1.79. The van der Waals surface area contributed by atoms with Crippen molar-refractivity contribution in [2.45, 2.75) is 26.7 Å². The van der Waals surface area contributed by atoms with Gasteiger partial charge in [0.1, 0.15) is 0 Å². The molecule has 0 aliphatic heterocycles. The number of anilines is 1. The molecular weight excluding hydrogens is 286 g/mol. The van der Waals surface area contributed by atoms with Gasteiger partial charge in [-0.05, 0) is 25.5 Å². The van der Waals surface area contributed by atoms with Crippen molar-refractivity contribution < 1.29 is 4.79 Å². The largest absolute Gasteiger partial charge is 0.296 e. The molecule has 0 saturated carbocycles. The minimum Gasteiger partial charge on any atom is -0.296 e. The maximum atomic E-state index is 12.1. The minimum atomic E-state index is -0.169. The summed E-state index contributed by atoms with van der Waals surface area (Å²) in [4.78, 5) is 12.8. The fourth-order valence-electron chi connectivity index (χ4n) is 1.96. The number of aromatic nitrogens is 4. The standard InChI is InChI=1S/C14H15N5OS/c1-3-4-11-16-17-14-19(11)18-13(21-14)15-12(20)10-7-5-9(2)6-8-10/h5-8H,3-4H2,1-2H3,(H,15,18,20). The van der Waals surface area contributed by atoms with Crippen molar-refractivity contribution in [3.05, 3.63) is 41.2 Å². The highest BCUT2D eigenvalue weighted by Crippen LogP contribution is 2.20. The molecule has 108 valence electrons. The Morgan fingerprint density at radius 2 is 2.05 bits per heavy atom. The second kappa shape index (κ2) is 5.61. The number of hydrogen-bond donors (Lipinski definition) is 1. The fourth-order valence-corrected chi connectivity index (χ4v) is 2.72. The van der Waals surface area contributed by atoms with Gasteiger partial charge in [-0.25, -0.2) is 0 Å². The molecule has 0 radical (unpaired) electrons. The third-order valence-electron chi connectivity index (χ3n) is 3.06. The quantitative estimate of drug-likeness (QED) is 0.804. The molecule has 2 aromatic heterocycles. The maximum Gasteiger partial charge on any atom is 0.257 e. The van der Waals surface area contributed by atoms with E-state index in [1.807, 2.05) is 19.1 Å². The first-order chi connectivity index (χ1) is 10.2. The van der Waals surface area contributed by atoms with Crippen LogP contribution in [0.25, 0.3) is 4.96 Å². The molecule has 1 amide bonds. The van der Waals surface area contributed by atoms with Gasteiger partial charge in [-0.2, -0.15) is 4.52 Å². The molecule has 0 unspecified atom stereocenters. The van der Waals surface area contributed by atoms with Gasteiger partial charge >= 0.3 is 0 Å². The number of carbonyl (C=O) groups excluding carboxylic acids is 1. The number of nitrogens with zero attached hydrogens (tertiary/aromatic N) is 4. The molecule has 0 bridgehead atoms. The lowest BCUT2D eigenvalue weighted by Gasteiger charge is -2.01. The van der Waals surface area contributed by atoms with Crippen LogP contribution >= 0.6 is 11.3 Å². The molecule has 3 aromatic rings. The van der Waals surface area contributed by atoms with Gasteiger partial charge in [-0.15, -0.1) is 15.3 Å². The van der Waals surface area contributed by atoms with Crippen LogP contribution in [0.3, 0.4) is 0 Å². The Balaban J connectivity index is 1.81. The van der Waals surface area contributed by atoms with Crippen LogP contribution in [-0.4, -0.2) is 25.7 Å². The summed E-state index contributed by atoms with van der Waals surface area (Å²) in [6.45, 7) is 4.06. The molecule has 1 N–H and O–H groups in total. The Hall–Kier alpha value is -2.28. The normalized spacial score (nSPS) is 11.0. The average Bonchev–Trinajstić information content (AvgIpc) is 3.01. The SMILES string of the molecule is CCCc1nnc2sc(NC(=O)c3ccc(C)cc3)nn12. The Morgan fingerprint density at radius 1 is 1.29 bits per heavy atom. The molecule has 21 heavy (non-hydrogen) atoms. The lowest BCUT2D eigenvalue weighted by atomic mass is 10.1. The first-order valence-corrected chi connectivity index (χ1v) is 7.58. The summed E-state index contributed by atoms with van der Waals surface area (Å²) in [5.41, 5.74) is 1.73. The van der Waals surface area contributed by atoms with E-state index in [1.165, 1.54) is 11.3 Å². The summed E-state index contributed by atoms with van der Waals surface area (Å²) in [5.74, 6) is 0.650. The highest BCUT2D eigenvalue weighted by molar-refractivity contribution is 7.20. The van der Waals surface area contributed by atoms with Gasteiger partial charge in [0.2, 0.25) is 10.1 Å². The Bertz CT molecular complexity index is 774. The van der Waals surface area contributed by atoms with E-state index >= 15 is 0 Å². The van der Waals surface area contributed by atoms with Gasteiger partial charge in [-0.3, -0.25) is 10.1 Å². The summed E-state index contributed by atoms with van der Waals surface area (Å²) < 4.78 is 1.69. The predicted octanol–water partition coefficient (Wildman–Crippen LogP) is 2.70. The zero-order chi connectivity index (χ0) is 14.8. The molecule has 3 rings (SSSR count). The van der Waals surface area contributed by atoms with E-state index < -0.39 is 0 Å². The second-order valence-electron chi connectivity index (χ2n) is 4.79. The monoisotopic (exact) mass is 301 g/mol. The first kappa shape index (κ1) is 13.7.